The van der Waals surface area contributed by atoms with E-state index in [1.807, 2.05) is 34.6 Å². The zero-order valence-corrected chi connectivity index (χ0v) is 13.9. The van der Waals surface area contributed by atoms with Gasteiger partial charge in [0, 0.05) is 31.7 Å². The van der Waals surface area contributed by atoms with Crippen LogP contribution in [0.25, 0.3) is 0 Å². The van der Waals surface area contributed by atoms with Crippen molar-refractivity contribution in [2.75, 3.05) is 26.4 Å². The van der Waals surface area contributed by atoms with Crippen molar-refractivity contribution in [1.29, 1.82) is 0 Å². The highest BCUT2D eigenvalue weighted by molar-refractivity contribution is 5.88. The molecule has 124 valence electrons. The molecule has 21 heavy (non-hydrogen) atoms. The van der Waals surface area contributed by atoms with Crippen LogP contribution < -0.4 is 11.1 Å². The summed E-state index contributed by atoms with van der Waals surface area (Å²) >= 11 is 0. The molecule has 0 aromatic rings. The van der Waals surface area contributed by atoms with Gasteiger partial charge in [-0.25, -0.2) is 0 Å². The van der Waals surface area contributed by atoms with Crippen LogP contribution in [0.4, 0.5) is 0 Å². The van der Waals surface area contributed by atoms with Gasteiger partial charge in [-0.1, -0.05) is 13.8 Å². The molecule has 0 radical (unpaired) electrons. The molecule has 0 aliphatic heterocycles. The zero-order chi connectivity index (χ0) is 16.1. The Bertz CT molecular complexity index is 343. The number of amides is 1. The Balaban J connectivity index is 2.55. The van der Waals surface area contributed by atoms with Crippen LogP contribution in [0.1, 0.15) is 41.0 Å². The third-order valence-corrected chi connectivity index (χ3v) is 4.37. The van der Waals surface area contributed by atoms with Gasteiger partial charge in [0.15, 0.2) is 6.29 Å². The summed E-state index contributed by atoms with van der Waals surface area (Å²) in [5.41, 5.74) is 5.01. The minimum Gasteiger partial charge on any atom is -0.378 e. The molecule has 0 bridgehead atoms. The second-order valence-electron chi connectivity index (χ2n) is 5.89. The molecule has 1 aliphatic carbocycles. The number of carbonyl (C=O) groups is 1. The maximum atomic E-state index is 12.4. The SMILES string of the molecule is CCOC(CNC(=O)C1(N)CC(OCC)C1(C)C)OCC. The Hall–Kier alpha value is -0.690. The Morgan fingerprint density at radius 2 is 1.81 bits per heavy atom. The molecular weight excluding hydrogens is 272 g/mol. The van der Waals surface area contributed by atoms with E-state index in [2.05, 4.69) is 5.32 Å². The summed E-state index contributed by atoms with van der Waals surface area (Å²) in [4.78, 5) is 12.4. The van der Waals surface area contributed by atoms with Crippen LogP contribution in [0.5, 0.6) is 0 Å². The molecule has 2 atom stereocenters. The summed E-state index contributed by atoms with van der Waals surface area (Å²) in [5.74, 6) is -0.173. The second kappa shape index (κ2) is 7.54. The highest BCUT2D eigenvalue weighted by Gasteiger charge is 2.62. The van der Waals surface area contributed by atoms with E-state index in [1.54, 1.807) is 0 Å². The van der Waals surface area contributed by atoms with Crippen LogP contribution in [0, 0.1) is 5.41 Å². The van der Waals surface area contributed by atoms with Crippen molar-refractivity contribution >= 4 is 5.91 Å². The molecule has 1 fully saturated rings. The van der Waals surface area contributed by atoms with Gasteiger partial charge in [0.25, 0.3) is 0 Å². The normalized spacial score (nSPS) is 27.5. The largest absolute Gasteiger partial charge is 0.378 e. The lowest BCUT2D eigenvalue weighted by Crippen LogP contribution is -2.76. The van der Waals surface area contributed by atoms with Crippen LogP contribution in [0.15, 0.2) is 0 Å². The summed E-state index contributed by atoms with van der Waals surface area (Å²) < 4.78 is 16.4. The first-order valence-electron chi connectivity index (χ1n) is 7.75. The van der Waals surface area contributed by atoms with Gasteiger partial charge in [-0.15, -0.1) is 0 Å². The number of ether oxygens (including phenoxy) is 3. The average molecular weight is 302 g/mol. The van der Waals surface area contributed by atoms with Crippen molar-refractivity contribution in [3.05, 3.63) is 0 Å². The maximum absolute atomic E-state index is 12.4. The molecule has 0 heterocycles. The average Bonchev–Trinajstić information content (AvgIpc) is 2.44. The molecule has 2 unspecified atom stereocenters. The third-order valence-electron chi connectivity index (χ3n) is 4.37. The number of rotatable bonds is 9. The molecule has 3 N–H and O–H groups in total. The Kier molecular flexibility index (Phi) is 6.59. The van der Waals surface area contributed by atoms with E-state index in [4.69, 9.17) is 19.9 Å². The van der Waals surface area contributed by atoms with E-state index in [0.29, 0.717) is 32.8 Å². The Labute approximate surface area is 127 Å². The molecule has 0 saturated heterocycles. The molecular formula is C15H30N2O4. The molecule has 6 heteroatoms. The number of nitrogens with one attached hydrogen (secondary N) is 1. The predicted octanol–water partition coefficient (Wildman–Crippen LogP) is 1.03. The summed E-state index contributed by atoms with van der Waals surface area (Å²) in [5, 5.41) is 2.84. The number of hydrogen-bond donors (Lipinski definition) is 2. The minimum atomic E-state index is -0.907. The summed E-state index contributed by atoms with van der Waals surface area (Å²) in [6.07, 6.45) is 0.124. The maximum Gasteiger partial charge on any atom is 0.241 e. The monoisotopic (exact) mass is 302 g/mol. The van der Waals surface area contributed by atoms with Crippen molar-refractivity contribution < 1.29 is 19.0 Å². The van der Waals surface area contributed by atoms with Crippen LogP contribution >= 0.6 is 0 Å². The van der Waals surface area contributed by atoms with E-state index in [-0.39, 0.29) is 17.4 Å². The van der Waals surface area contributed by atoms with Gasteiger partial charge < -0.3 is 25.3 Å². The standard InChI is InChI=1S/C15H30N2O4/c1-6-19-11-9-15(16,14(11,4)5)13(18)17-10-12(20-7-2)21-8-3/h11-12H,6-10,16H2,1-5H3,(H,17,18). The van der Waals surface area contributed by atoms with Gasteiger partial charge in [0.05, 0.1) is 12.6 Å². The van der Waals surface area contributed by atoms with E-state index in [9.17, 15) is 4.79 Å². The molecule has 6 nitrogen and oxygen atoms in total. The lowest BCUT2D eigenvalue weighted by atomic mass is 9.54. The van der Waals surface area contributed by atoms with Gasteiger partial charge in [-0.3, -0.25) is 4.79 Å². The summed E-state index contributed by atoms with van der Waals surface area (Å²) in [6, 6.07) is 0. The van der Waals surface area contributed by atoms with E-state index < -0.39 is 11.8 Å². The number of carbonyl (C=O) groups excluding carboxylic acids is 1. The first kappa shape index (κ1) is 18.4. The molecule has 0 aromatic carbocycles. The lowest BCUT2D eigenvalue weighted by Gasteiger charge is -2.57. The van der Waals surface area contributed by atoms with Crippen LogP contribution in [0.3, 0.4) is 0 Å². The predicted molar refractivity (Wildman–Crippen MR) is 80.8 cm³/mol. The van der Waals surface area contributed by atoms with Gasteiger partial charge in [0.1, 0.15) is 5.54 Å². The summed E-state index contributed by atoms with van der Waals surface area (Å²) in [6.45, 7) is 11.7. The number of nitrogens with two attached hydrogens (primary N) is 1. The quantitative estimate of drug-likeness (QED) is 0.622. The number of hydrogen-bond acceptors (Lipinski definition) is 5. The third kappa shape index (κ3) is 3.74. The molecule has 1 rings (SSSR count). The fourth-order valence-electron chi connectivity index (χ4n) is 2.69. The molecule has 1 amide bonds. The van der Waals surface area contributed by atoms with E-state index >= 15 is 0 Å². The lowest BCUT2D eigenvalue weighted by molar-refractivity contribution is -0.174. The first-order chi connectivity index (χ1) is 9.83. The van der Waals surface area contributed by atoms with Gasteiger partial charge in [0.2, 0.25) is 5.91 Å². The van der Waals surface area contributed by atoms with Crippen LogP contribution in [0.2, 0.25) is 0 Å². The Morgan fingerprint density at radius 3 is 2.24 bits per heavy atom. The van der Waals surface area contributed by atoms with Crippen molar-refractivity contribution in [3.8, 4) is 0 Å². The van der Waals surface area contributed by atoms with Gasteiger partial charge in [-0.2, -0.15) is 0 Å². The zero-order valence-electron chi connectivity index (χ0n) is 13.9. The molecule has 0 aromatic heterocycles. The van der Waals surface area contributed by atoms with Crippen molar-refractivity contribution in [2.24, 2.45) is 11.1 Å². The highest BCUT2D eigenvalue weighted by Crippen LogP contribution is 2.49. The Morgan fingerprint density at radius 1 is 1.24 bits per heavy atom. The van der Waals surface area contributed by atoms with E-state index in [0.717, 1.165) is 0 Å². The van der Waals surface area contributed by atoms with Gasteiger partial charge >= 0.3 is 0 Å². The van der Waals surface area contributed by atoms with Crippen molar-refractivity contribution in [2.45, 2.75) is 59.0 Å². The first-order valence-corrected chi connectivity index (χ1v) is 7.75. The van der Waals surface area contributed by atoms with Crippen molar-refractivity contribution in [1.82, 2.24) is 5.32 Å². The smallest absolute Gasteiger partial charge is 0.241 e. The van der Waals surface area contributed by atoms with Crippen molar-refractivity contribution in [3.63, 3.8) is 0 Å². The van der Waals surface area contributed by atoms with Crippen LogP contribution in [-0.2, 0) is 19.0 Å². The van der Waals surface area contributed by atoms with Gasteiger partial charge in [-0.05, 0) is 20.8 Å². The fourth-order valence-corrected chi connectivity index (χ4v) is 2.69. The molecule has 0 spiro atoms. The molecule has 1 saturated carbocycles. The van der Waals surface area contributed by atoms with Crippen LogP contribution in [-0.4, -0.2) is 50.2 Å². The van der Waals surface area contributed by atoms with E-state index in [1.165, 1.54) is 0 Å². The minimum absolute atomic E-state index is 0.0211. The molecule has 1 aliphatic rings. The summed E-state index contributed by atoms with van der Waals surface area (Å²) in [7, 11) is 0. The fraction of sp³-hybridized carbons (Fsp3) is 0.933. The highest BCUT2D eigenvalue weighted by atomic mass is 16.7. The second-order valence-corrected chi connectivity index (χ2v) is 5.89. The topological polar surface area (TPSA) is 82.8 Å².